The van der Waals surface area contributed by atoms with Crippen molar-refractivity contribution in [1.29, 1.82) is 0 Å². The Morgan fingerprint density at radius 2 is 1.87 bits per heavy atom. The van der Waals surface area contributed by atoms with Crippen LogP contribution in [-0.4, -0.2) is 9.78 Å². The Hall–Kier alpha value is -1.77. The first-order valence-corrected chi connectivity index (χ1v) is 5.24. The number of hydrogen-bond acceptors (Lipinski definition) is 2. The summed E-state index contributed by atoms with van der Waals surface area (Å²) < 4.78 is 1.91. The molecular weight excluding hydrogens is 186 g/mol. The van der Waals surface area contributed by atoms with Gasteiger partial charge >= 0.3 is 0 Å². The lowest BCUT2D eigenvalue weighted by Gasteiger charge is -2.01. The summed E-state index contributed by atoms with van der Waals surface area (Å²) in [6.45, 7) is 0. The van der Waals surface area contributed by atoms with E-state index in [4.69, 9.17) is 5.73 Å². The maximum absolute atomic E-state index is 5.64. The van der Waals surface area contributed by atoms with Gasteiger partial charge in [0.15, 0.2) is 0 Å². The molecule has 1 aromatic carbocycles. The summed E-state index contributed by atoms with van der Waals surface area (Å²) in [7, 11) is 0. The molecule has 3 rings (SSSR count). The van der Waals surface area contributed by atoms with Crippen molar-refractivity contribution in [1.82, 2.24) is 9.78 Å². The summed E-state index contributed by atoms with van der Waals surface area (Å²) in [5, 5.41) is 4.55. The van der Waals surface area contributed by atoms with Gasteiger partial charge in [-0.25, -0.2) is 4.68 Å². The molecule has 1 saturated carbocycles. The average Bonchev–Trinajstić information content (AvgIpc) is 2.99. The van der Waals surface area contributed by atoms with E-state index in [1.807, 2.05) is 35.1 Å². The number of anilines is 1. The molecule has 0 bridgehead atoms. The smallest absolute Gasteiger partial charge is 0.0659 e. The number of nitrogen functional groups attached to an aromatic ring is 1. The fourth-order valence-electron chi connectivity index (χ4n) is 1.71. The van der Waals surface area contributed by atoms with Crippen LogP contribution in [0.1, 0.15) is 24.5 Å². The number of nitrogens with two attached hydrogens (primary N) is 1. The number of aromatic nitrogens is 2. The van der Waals surface area contributed by atoms with Crippen LogP contribution in [0.3, 0.4) is 0 Å². The highest BCUT2D eigenvalue weighted by Crippen LogP contribution is 2.38. The fourth-order valence-corrected chi connectivity index (χ4v) is 1.71. The van der Waals surface area contributed by atoms with E-state index in [1.54, 1.807) is 0 Å². The van der Waals surface area contributed by atoms with Crippen LogP contribution in [0.2, 0.25) is 0 Å². The second-order valence-electron chi connectivity index (χ2n) is 4.05. The first-order chi connectivity index (χ1) is 7.33. The highest BCUT2D eigenvalue weighted by Gasteiger charge is 2.25. The lowest BCUT2D eigenvalue weighted by atomic mass is 10.3. The maximum Gasteiger partial charge on any atom is 0.0659 e. The lowest BCUT2D eigenvalue weighted by Crippen LogP contribution is -1.96. The lowest BCUT2D eigenvalue weighted by molar-refractivity contribution is 0.837. The highest BCUT2D eigenvalue weighted by atomic mass is 15.3. The van der Waals surface area contributed by atoms with Gasteiger partial charge < -0.3 is 5.73 Å². The van der Waals surface area contributed by atoms with E-state index in [0.717, 1.165) is 11.4 Å². The first kappa shape index (κ1) is 8.53. The number of rotatable bonds is 2. The van der Waals surface area contributed by atoms with Crippen LogP contribution in [0.15, 0.2) is 36.5 Å². The normalized spacial score (nSPS) is 15.5. The Morgan fingerprint density at radius 1 is 1.13 bits per heavy atom. The third kappa shape index (κ3) is 1.61. The van der Waals surface area contributed by atoms with E-state index < -0.39 is 0 Å². The summed E-state index contributed by atoms with van der Waals surface area (Å²) in [5.74, 6) is 0.708. The van der Waals surface area contributed by atoms with Gasteiger partial charge in [0.1, 0.15) is 0 Å². The van der Waals surface area contributed by atoms with Gasteiger partial charge in [0.25, 0.3) is 0 Å². The van der Waals surface area contributed by atoms with Gasteiger partial charge in [0.2, 0.25) is 0 Å². The largest absolute Gasteiger partial charge is 0.399 e. The van der Waals surface area contributed by atoms with Crippen LogP contribution in [0.4, 0.5) is 5.69 Å². The van der Waals surface area contributed by atoms with E-state index in [2.05, 4.69) is 11.2 Å². The minimum atomic E-state index is 0.708. The zero-order valence-electron chi connectivity index (χ0n) is 8.43. The Balaban J connectivity index is 1.93. The first-order valence-electron chi connectivity index (χ1n) is 5.24. The molecule has 3 heteroatoms. The van der Waals surface area contributed by atoms with E-state index >= 15 is 0 Å². The van der Waals surface area contributed by atoms with Crippen molar-refractivity contribution in [2.45, 2.75) is 18.8 Å². The van der Waals surface area contributed by atoms with Gasteiger partial charge in [-0.3, -0.25) is 0 Å². The fraction of sp³-hybridized carbons (Fsp3) is 0.250. The van der Waals surface area contributed by atoms with Crippen molar-refractivity contribution in [2.24, 2.45) is 0 Å². The van der Waals surface area contributed by atoms with Gasteiger partial charge in [0, 0.05) is 17.8 Å². The maximum atomic E-state index is 5.64. The van der Waals surface area contributed by atoms with Crippen molar-refractivity contribution in [3.8, 4) is 5.69 Å². The van der Waals surface area contributed by atoms with Crippen molar-refractivity contribution in [2.75, 3.05) is 5.73 Å². The van der Waals surface area contributed by atoms with Gasteiger partial charge in [-0.05, 0) is 43.2 Å². The van der Waals surface area contributed by atoms with Crippen LogP contribution in [0, 0.1) is 0 Å². The van der Waals surface area contributed by atoms with Crippen LogP contribution in [0.25, 0.3) is 5.69 Å². The summed E-state index contributed by atoms with van der Waals surface area (Å²) in [5.41, 5.74) is 8.70. The molecule has 3 nitrogen and oxygen atoms in total. The Bertz CT molecular complexity index is 466. The molecule has 0 radical (unpaired) electrons. The van der Waals surface area contributed by atoms with Crippen LogP contribution >= 0.6 is 0 Å². The highest BCUT2D eigenvalue weighted by molar-refractivity contribution is 5.44. The van der Waals surface area contributed by atoms with Gasteiger partial charge in [-0.2, -0.15) is 5.10 Å². The SMILES string of the molecule is Nc1ccc(-n2ccc(C3CC3)n2)cc1. The molecule has 76 valence electrons. The van der Waals surface area contributed by atoms with E-state index in [-0.39, 0.29) is 0 Å². The van der Waals surface area contributed by atoms with Gasteiger partial charge in [-0.15, -0.1) is 0 Å². The summed E-state index contributed by atoms with van der Waals surface area (Å²) in [6.07, 6.45) is 4.59. The molecular formula is C12H13N3. The average molecular weight is 199 g/mol. The zero-order chi connectivity index (χ0) is 10.3. The molecule has 1 aliphatic rings. The van der Waals surface area contributed by atoms with Gasteiger partial charge in [0.05, 0.1) is 11.4 Å². The molecule has 1 aromatic heterocycles. The predicted molar refractivity (Wildman–Crippen MR) is 60.0 cm³/mol. The number of hydrogen-bond donors (Lipinski definition) is 1. The van der Waals surface area contributed by atoms with Crippen molar-refractivity contribution >= 4 is 5.69 Å². The molecule has 1 heterocycles. The van der Waals surface area contributed by atoms with Crippen LogP contribution < -0.4 is 5.73 Å². The van der Waals surface area contributed by atoms with E-state index in [9.17, 15) is 0 Å². The van der Waals surface area contributed by atoms with Crippen LogP contribution in [-0.2, 0) is 0 Å². The Kier molecular flexibility index (Phi) is 1.78. The predicted octanol–water partition coefficient (Wildman–Crippen LogP) is 2.33. The molecule has 1 aliphatic carbocycles. The molecule has 0 amide bonds. The zero-order valence-corrected chi connectivity index (χ0v) is 8.43. The van der Waals surface area contributed by atoms with Crippen LogP contribution in [0.5, 0.6) is 0 Å². The van der Waals surface area contributed by atoms with Crippen molar-refractivity contribution < 1.29 is 0 Å². The molecule has 0 aliphatic heterocycles. The third-order valence-electron chi connectivity index (χ3n) is 2.76. The van der Waals surface area contributed by atoms with E-state index in [1.165, 1.54) is 18.5 Å². The number of benzene rings is 1. The van der Waals surface area contributed by atoms with Crippen molar-refractivity contribution in [3.63, 3.8) is 0 Å². The Morgan fingerprint density at radius 3 is 2.53 bits per heavy atom. The molecule has 0 atom stereocenters. The summed E-state index contributed by atoms with van der Waals surface area (Å²) in [4.78, 5) is 0. The molecule has 1 fully saturated rings. The molecule has 15 heavy (non-hydrogen) atoms. The standard InChI is InChI=1S/C12H13N3/c13-10-3-5-11(6-4-10)15-8-7-12(14-15)9-1-2-9/h3-9H,1-2,13H2. The second kappa shape index (κ2) is 3.12. The minimum absolute atomic E-state index is 0.708. The number of nitrogens with zero attached hydrogens (tertiary/aromatic N) is 2. The third-order valence-corrected chi connectivity index (χ3v) is 2.76. The molecule has 2 N–H and O–H groups in total. The molecule has 0 unspecified atom stereocenters. The minimum Gasteiger partial charge on any atom is -0.399 e. The van der Waals surface area contributed by atoms with Crippen molar-refractivity contribution in [3.05, 3.63) is 42.2 Å². The van der Waals surface area contributed by atoms with E-state index in [0.29, 0.717) is 5.92 Å². The summed E-state index contributed by atoms with van der Waals surface area (Å²) in [6, 6.07) is 9.87. The quantitative estimate of drug-likeness (QED) is 0.754. The summed E-state index contributed by atoms with van der Waals surface area (Å²) >= 11 is 0. The molecule has 2 aromatic rings. The topological polar surface area (TPSA) is 43.8 Å². The second-order valence-corrected chi connectivity index (χ2v) is 4.05. The van der Waals surface area contributed by atoms with Gasteiger partial charge in [-0.1, -0.05) is 0 Å². The monoisotopic (exact) mass is 199 g/mol. The molecule has 0 spiro atoms. The molecule has 0 saturated heterocycles. The Labute approximate surface area is 88.5 Å².